The van der Waals surface area contributed by atoms with Crippen molar-refractivity contribution in [3.05, 3.63) is 0 Å². The Labute approximate surface area is 87.0 Å². The summed E-state index contributed by atoms with van der Waals surface area (Å²) in [5.41, 5.74) is 0. The average molecular weight is 194 g/mol. The topological polar surface area (TPSA) is 15.3 Å². The summed E-state index contributed by atoms with van der Waals surface area (Å²) in [7, 11) is 0. The second-order valence-corrected chi connectivity index (χ2v) is 5.35. The molecule has 1 aliphatic heterocycles. The van der Waals surface area contributed by atoms with Gasteiger partial charge in [-0.15, -0.1) is 0 Å². The minimum absolute atomic E-state index is 0.998. The fourth-order valence-electron chi connectivity index (χ4n) is 2.77. The van der Waals surface area contributed by atoms with Gasteiger partial charge in [0.1, 0.15) is 0 Å². The van der Waals surface area contributed by atoms with Gasteiger partial charge in [0.25, 0.3) is 0 Å². The predicted molar refractivity (Wildman–Crippen MR) is 58.3 cm³/mol. The monoisotopic (exact) mass is 194 g/mol. The maximum absolute atomic E-state index is 3.46. The van der Waals surface area contributed by atoms with E-state index in [-0.39, 0.29) is 0 Å². The molecule has 0 aromatic rings. The lowest BCUT2D eigenvalue weighted by atomic mass is 9.97. The molecule has 2 nitrogen and oxygen atoms in total. The van der Waals surface area contributed by atoms with E-state index < -0.39 is 0 Å². The summed E-state index contributed by atoms with van der Waals surface area (Å²) < 4.78 is 0. The largest absolute Gasteiger partial charge is 0.317 e. The van der Waals surface area contributed by atoms with Crippen molar-refractivity contribution in [1.82, 2.24) is 10.2 Å². The predicted octanol–water partition coefficient (Wildman–Crippen LogP) is 1.61. The maximum atomic E-state index is 3.46. The van der Waals surface area contributed by atoms with Crippen LogP contribution in [0.4, 0.5) is 0 Å². The van der Waals surface area contributed by atoms with Crippen LogP contribution >= 0.6 is 0 Å². The van der Waals surface area contributed by atoms with Gasteiger partial charge < -0.3 is 5.32 Å². The summed E-state index contributed by atoms with van der Waals surface area (Å²) in [6, 6.07) is 2.00. The smallest absolute Gasteiger partial charge is 0.00994 e. The molecule has 80 valence electrons. The first kappa shape index (κ1) is 9.17. The van der Waals surface area contributed by atoms with Crippen LogP contribution in [0.15, 0.2) is 0 Å². The maximum Gasteiger partial charge on any atom is 0.00994 e. The van der Waals surface area contributed by atoms with Gasteiger partial charge in [-0.2, -0.15) is 0 Å². The first-order valence-corrected chi connectivity index (χ1v) is 6.40. The van der Waals surface area contributed by atoms with Crippen LogP contribution in [0.2, 0.25) is 0 Å². The van der Waals surface area contributed by atoms with Crippen molar-refractivity contribution >= 4 is 0 Å². The molecule has 3 aliphatic rings. The van der Waals surface area contributed by atoms with Gasteiger partial charge in [0.05, 0.1) is 0 Å². The normalized spacial score (nSPS) is 29.8. The highest BCUT2D eigenvalue weighted by Crippen LogP contribution is 2.38. The van der Waals surface area contributed by atoms with Crippen LogP contribution in [-0.2, 0) is 0 Å². The van der Waals surface area contributed by atoms with E-state index in [1.807, 2.05) is 0 Å². The van der Waals surface area contributed by atoms with Gasteiger partial charge in [-0.05, 0) is 57.5 Å². The van der Waals surface area contributed by atoms with Crippen molar-refractivity contribution in [2.45, 2.75) is 50.6 Å². The number of nitrogens with zero attached hydrogens (tertiary/aromatic N) is 1. The number of piperidine rings is 1. The molecule has 3 fully saturated rings. The lowest BCUT2D eigenvalue weighted by Crippen LogP contribution is -2.38. The van der Waals surface area contributed by atoms with E-state index in [4.69, 9.17) is 0 Å². The zero-order valence-corrected chi connectivity index (χ0v) is 9.04. The molecule has 0 unspecified atom stereocenters. The standard InChI is InChI=1S/C12H22N2/c1-2-11(1)14(12-3-4-12)9-10-5-7-13-8-6-10/h10-13H,1-9H2. The molecule has 0 radical (unpaired) electrons. The summed E-state index contributed by atoms with van der Waals surface area (Å²) >= 11 is 0. The minimum atomic E-state index is 0.998. The van der Waals surface area contributed by atoms with Crippen LogP contribution in [0.1, 0.15) is 38.5 Å². The van der Waals surface area contributed by atoms with Crippen LogP contribution in [0.25, 0.3) is 0 Å². The summed E-state index contributed by atoms with van der Waals surface area (Å²) in [6.45, 7) is 3.93. The van der Waals surface area contributed by atoms with E-state index in [1.165, 1.54) is 58.2 Å². The Morgan fingerprint density at radius 2 is 1.43 bits per heavy atom. The second-order valence-electron chi connectivity index (χ2n) is 5.35. The highest BCUT2D eigenvalue weighted by Gasteiger charge is 2.39. The summed E-state index contributed by atoms with van der Waals surface area (Å²) in [5, 5.41) is 3.46. The zero-order valence-electron chi connectivity index (χ0n) is 9.04. The SMILES string of the molecule is C1CC(CN(C2CC2)C2CC2)CCN1. The van der Waals surface area contributed by atoms with Crippen molar-refractivity contribution in [3.63, 3.8) is 0 Å². The third-order valence-electron chi connectivity index (χ3n) is 3.96. The molecular formula is C12H22N2. The summed E-state index contributed by atoms with van der Waals surface area (Å²) in [5.74, 6) is 0.998. The van der Waals surface area contributed by atoms with Gasteiger partial charge in [0.2, 0.25) is 0 Å². The molecule has 3 rings (SSSR count). The Balaban J connectivity index is 1.52. The molecule has 0 amide bonds. The average Bonchev–Trinajstić information content (AvgIpc) is 3.08. The van der Waals surface area contributed by atoms with Gasteiger partial charge in [-0.25, -0.2) is 0 Å². The highest BCUT2D eigenvalue weighted by atomic mass is 15.2. The lowest BCUT2D eigenvalue weighted by Gasteiger charge is -2.30. The highest BCUT2D eigenvalue weighted by molar-refractivity contribution is 4.95. The third kappa shape index (κ3) is 2.12. The van der Waals surface area contributed by atoms with Gasteiger partial charge >= 0.3 is 0 Å². The molecule has 2 saturated carbocycles. The molecule has 0 aromatic carbocycles. The first-order valence-electron chi connectivity index (χ1n) is 6.40. The molecule has 2 aliphatic carbocycles. The molecule has 1 N–H and O–H groups in total. The van der Waals surface area contributed by atoms with Crippen LogP contribution < -0.4 is 5.32 Å². The third-order valence-corrected chi connectivity index (χ3v) is 3.96. The molecule has 2 heteroatoms. The summed E-state index contributed by atoms with van der Waals surface area (Å²) in [6.07, 6.45) is 8.78. The van der Waals surface area contributed by atoms with Gasteiger partial charge in [0, 0.05) is 18.6 Å². The molecule has 14 heavy (non-hydrogen) atoms. The van der Waals surface area contributed by atoms with E-state index in [0.717, 1.165) is 18.0 Å². The van der Waals surface area contributed by atoms with E-state index in [2.05, 4.69) is 10.2 Å². The van der Waals surface area contributed by atoms with Crippen LogP contribution in [-0.4, -0.2) is 36.6 Å². The van der Waals surface area contributed by atoms with E-state index in [0.29, 0.717) is 0 Å². The zero-order chi connectivity index (χ0) is 9.38. The lowest BCUT2D eigenvalue weighted by molar-refractivity contribution is 0.189. The Bertz CT molecular complexity index is 178. The number of hydrogen-bond acceptors (Lipinski definition) is 2. The van der Waals surface area contributed by atoms with Crippen molar-refractivity contribution in [1.29, 1.82) is 0 Å². The van der Waals surface area contributed by atoms with Gasteiger partial charge in [-0.3, -0.25) is 4.90 Å². The Morgan fingerprint density at radius 3 is 1.93 bits per heavy atom. The van der Waals surface area contributed by atoms with E-state index >= 15 is 0 Å². The van der Waals surface area contributed by atoms with Crippen LogP contribution in [0.5, 0.6) is 0 Å². The van der Waals surface area contributed by atoms with Gasteiger partial charge in [0.15, 0.2) is 0 Å². The fourth-order valence-corrected chi connectivity index (χ4v) is 2.77. The first-order chi connectivity index (χ1) is 6.93. The molecule has 0 bridgehead atoms. The second kappa shape index (κ2) is 3.82. The van der Waals surface area contributed by atoms with E-state index in [9.17, 15) is 0 Å². The van der Waals surface area contributed by atoms with Crippen molar-refractivity contribution in [2.24, 2.45) is 5.92 Å². The molecule has 1 heterocycles. The quantitative estimate of drug-likeness (QED) is 0.731. The fraction of sp³-hybridized carbons (Fsp3) is 1.00. The minimum Gasteiger partial charge on any atom is -0.317 e. The summed E-state index contributed by atoms with van der Waals surface area (Å²) in [4.78, 5) is 2.84. The van der Waals surface area contributed by atoms with Crippen LogP contribution in [0, 0.1) is 5.92 Å². The number of nitrogens with one attached hydrogen (secondary N) is 1. The molecule has 1 saturated heterocycles. The molecule has 0 atom stereocenters. The van der Waals surface area contributed by atoms with E-state index in [1.54, 1.807) is 0 Å². The van der Waals surface area contributed by atoms with Crippen molar-refractivity contribution < 1.29 is 0 Å². The number of rotatable bonds is 4. The molecule has 0 aromatic heterocycles. The van der Waals surface area contributed by atoms with Crippen LogP contribution in [0.3, 0.4) is 0 Å². The number of hydrogen-bond donors (Lipinski definition) is 1. The molecule has 0 spiro atoms. The Hall–Kier alpha value is -0.0800. The van der Waals surface area contributed by atoms with Gasteiger partial charge in [-0.1, -0.05) is 0 Å². The Morgan fingerprint density at radius 1 is 0.857 bits per heavy atom. The Kier molecular flexibility index (Phi) is 2.50. The van der Waals surface area contributed by atoms with Crippen molar-refractivity contribution in [2.75, 3.05) is 19.6 Å². The molecular weight excluding hydrogens is 172 g/mol. The van der Waals surface area contributed by atoms with Crippen molar-refractivity contribution in [3.8, 4) is 0 Å².